The number of benzene rings is 2. The van der Waals surface area contributed by atoms with Crippen LogP contribution in [0.3, 0.4) is 0 Å². The molecule has 6 nitrogen and oxygen atoms in total. The van der Waals surface area contributed by atoms with E-state index in [1.54, 1.807) is 0 Å². The van der Waals surface area contributed by atoms with E-state index in [0.29, 0.717) is 0 Å². The van der Waals surface area contributed by atoms with Crippen LogP contribution in [0.15, 0.2) is 40.1 Å². The Balaban J connectivity index is 2.64. The van der Waals surface area contributed by atoms with Gasteiger partial charge < -0.3 is 10.2 Å². The van der Waals surface area contributed by atoms with Gasteiger partial charge in [0.15, 0.2) is 12.9 Å². The van der Waals surface area contributed by atoms with E-state index in [-0.39, 0.29) is 15.4 Å². The van der Waals surface area contributed by atoms with Crippen molar-refractivity contribution in [3.05, 3.63) is 46.6 Å². The molecule has 0 amide bonds. The number of alkyl halides is 1. The summed E-state index contributed by atoms with van der Waals surface area (Å²) in [4.78, 5) is 15.2. The van der Waals surface area contributed by atoms with Crippen molar-refractivity contribution < 1.29 is 33.0 Å². The van der Waals surface area contributed by atoms with Crippen molar-refractivity contribution in [3.63, 3.8) is 0 Å². The van der Waals surface area contributed by atoms with Crippen molar-refractivity contribution in [2.75, 3.05) is 7.11 Å². The van der Waals surface area contributed by atoms with E-state index >= 15 is 0 Å². The SMILES string of the molecule is CO[N+](=O)c1cc(S(=O)c2c(F)cccc2[C@@H](C)F)cc(O)c1O. The number of aromatic hydroxyl groups is 2. The van der Waals surface area contributed by atoms with Crippen LogP contribution in [0.25, 0.3) is 0 Å². The molecule has 0 saturated carbocycles. The van der Waals surface area contributed by atoms with E-state index in [9.17, 15) is 28.1 Å². The van der Waals surface area contributed by atoms with Crippen molar-refractivity contribution in [3.8, 4) is 11.5 Å². The minimum atomic E-state index is -2.25. The van der Waals surface area contributed by atoms with Gasteiger partial charge in [-0.15, -0.1) is 0 Å². The van der Waals surface area contributed by atoms with Crippen LogP contribution in [0.5, 0.6) is 11.5 Å². The molecular weight excluding hydrogens is 344 g/mol. The molecule has 0 spiro atoms. The first kappa shape index (κ1) is 17.8. The van der Waals surface area contributed by atoms with Crippen LogP contribution in [0.1, 0.15) is 18.7 Å². The van der Waals surface area contributed by atoms with Crippen molar-refractivity contribution in [2.24, 2.45) is 0 Å². The van der Waals surface area contributed by atoms with Gasteiger partial charge in [-0.2, -0.15) is 0 Å². The van der Waals surface area contributed by atoms with E-state index < -0.39 is 44.9 Å². The number of halogens is 2. The third-order valence-corrected chi connectivity index (χ3v) is 4.70. The Kier molecular flexibility index (Phi) is 5.13. The Morgan fingerprint density at radius 3 is 2.54 bits per heavy atom. The molecule has 2 aromatic rings. The number of rotatable bonds is 5. The fourth-order valence-electron chi connectivity index (χ4n) is 2.08. The maximum atomic E-state index is 14.1. The predicted molar refractivity (Wildman–Crippen MR) is 80.7 cm³/mol. The van der Waals surface area contributed by atoms with Crippen molar-refractivity contribution in [1.29, 1.82) is 0 Å². The second-order valence-corrected chi connectivity index (χ2v) is 6.21. The van der Waals surface area contributed by atoms with Gasteiger partial charge in [0, 0.05) is 17.7 Å². The molecule has 2 aromatic carbocycles. The molecule has 2 atom stereocenters. The van der Waals surface area contributed by atoms with Crippen LogP contribution in [0.2, 0.25) is 0 Å². The lowest BCUT2D eigenvalue weighted by Gasteiger charge is -2.11. The molecule has 0 saturated heterocycles. The van der Waals surface area contributed by atoms with Crippen LogP contribution in [-0.2, 0) is 15.6 Å². The molecular formula is C15H14F2NO5S+. The summed E-state index contributed by atoms with van der Waals surface area (Å²) < 4.78 is 40.4. The Morgan fingerprint density at radius 1 is 1.29 bits per heavy atom. The monoisotopic (exact) mass is 358 g/mol. The quantitative estimate of drug-likeness (QED) is 0.632. The summed E-state index contributed by atoms with van der Waals surface area (Å²) in [5, 5.41) is 19.4. The van der Waals surface area contributed by atoms with Gasteiger partial charge in [0.05, 0.1) is 25.5 Å². The summed E-state index contributed by atoms with van der Waals surface area (Å²) in [6.45, 7) is 1.17. The molecule has 0 aliphatic heterocycles. The van der Waals surface area contributed by atoms with Gasteiger partial charge in [0.1, 0.15) is 12.0 Å². The Hall–Kier alpha value is -2.55. The highest BCUT2D eigenvalue weighted by Gasteiger charge is 2.28. The summed E-state index contributed by atoms with van der Waals surface area (Å²) in [6.07, 6.45) is -1.58. The normalized spacial score (nSPS) is 13.3. The minimum Gasteiger partial charge on any atom is -0.504 e. The summed E-state index contributed by atoms with van der Waals surface area (Å²) >= 11 is 0. The highest BCUT2D eigenvalue weighted by Crippen LogP contribution is 2.39. The molecule has 9 heteroatoms. The highest BCUT2D eigenvalue weighted by molar-refractivity contribution is 7.85. The first-order valence-electron chi connectivity index (χ1n) is 6.69. The molecule has 1 unspecified atom stereocenters. The highest BCUT2D eigenvalue weighted by atomic mass is 32.2. The molecule has 0 radical (unpaired) electrons. The predicted octanol–water partition coefficient (Wildman–Crippen LogP) is 3.41. The smallest absolute Gasteiger partial charge is 0.363 e. The lowest BCUT2D eigenvalue weighted by Crippen LogP contribution is -2.05. The number of phenolic OH excluding ortho intramolecular Hbond substituents is 2. The van der Waals surface area contributed by atoms with Crippen molar-refractivity contribution in [1.82, 2.24) is 0 Å². The van der Waals surface area contributed by atoms with E-state index in [1.165, 1.54) is 19.1 Å². The van der Waals surface area contributed by atoms with E-state index in [2.05, 4.69) is 4.84 Å². The molecule has 0 fully saturated rings. The topological polar surface area (TPSA) is 86.8 Å². The van der Waals surface area contributed by atoms with Crippen LogP contribution in [0, 0.1) is 10.7 Å². The van der Waals surface area contributed by atoms with Gasteiger partial charge in [0.2, 0.25) is 5.75 Å². The number of hydrogen-bond donors (Lipinski definition) is 2. The molecule has 0 bridgehead atoms. The first-order chi connectivity index (χ1) is 11.3. The zero-order chi connectivity index (χ0) is 18.0. The largest absolute Gasteiger partial charge is 0.504 e. The van der Waals surface area contributed by atoms with Crippen molar-refractivity contribution >= 4 is 16.5 Å². The standard InChI is InChI=1S/C15H13F2NO5S/c1-8(16)10-4-3-5-11(17)15(10)24(22)9-6-12(18(21)23-2)14(20)13(19)7-9/h3-8H,1-2H3,(H-,19,20,21)/p+1/t8-,24?/m1/s1. The average molecular weight is 358 g/mol. The first-order valence-corrected chi connectivity index (χ1v) is 7.84. The fraction of sp³-hybridized carbons (Fsp3) is 0.200. The Labute approximate surface area is 138 Å². The second-order valence-electron chi connectivity index (χ2n) is 4.79. The van der Waals surface area contributed by atoms with Crippen molar-refractivity contribution in [2.45, 2.75) is 22.9 Å². The Morgan fingerprint density at radius 2 is 1.96 bits per heavy atom. The van der Waals surface area contributed by atoms with Crippen LogP contribution in [0.4, 0.5) is 14.5 Å². The molecule has 0 heterocycles. The molecule has 2 N–H and O–H groups in total. The summed E-state index contributed by atoms with van der Waals surface area (Å²) in [7, 11) is -1.22. The fourth-order valence-corrected chi connectivity index (χ4v) is 3.44. The van der Waals surface area contributed by atoms with Crippen LogP contribution >= 0.6 is 0 Å². The zero-order valence-electron chi connectivity index (χ0n) is 12.7. The minimum absolute atomic E-state index is 0.115. The van der Waals surface area contributed by atoms with Gasteiger partial charge in [0.25, 0.3) is 4.92 Å². The number of phenols is 2. The zero-order valence-corrected chi connectivity index (χ0v) is 13.5. The van der Waals surface area contributed by atoms with E-state index in [0.717, 1.165) is 25.3 Å². The van der Waals surface area contributed by atoms with Gasteiger partial charge in [-0.1, -0.05) is 12.1 Å². The molecule has 2 rings (SSSR count). The lowest BCUT2D eigenvalue weighted by molar-refractivity contribution is -0.737. The van der Waals surface area contributed by atoms with E-state index in [1.807, 2.05) is 0 Å². The number of nitrogens with zero attached hydrogens (tertiary/aromatic N) is 1. The third-order valence-electron chi connectivity index (χ3n) is 3.23. The van der Waals surface area contributed by atoms with E-state index in [4.69, 9.17) is 0 Å². The second kappa shape index (κ2) is 6.91. The van der Waals surface area contributed by atoms with Gasteiger partial charge in [-0.25, -0.2) is 17.8 Å². The maximum absolute atomic E-state index is 14.1. The third kappa shape index (κ3) is 3.21. The van der Waals surface area contributed by atoms with Crippen LogP contribution < -0.4 is 0 Å². The molecule has 0 aliphatic carbocycles. The molecule has 0 aromatic heterocycles. The molecule has 24 heavy (non-hydrogen) atoms. The average Bonchev–Trinajstić information content (AvgIpc) is 2.55. The molecule has 128 valence electrons. The Bertz CT molecular complexity index is 826. The van der Waals surface area contributed by atoms with Gasteiger partial charge in [-0.3, -0.25) is 0 Å². The van der Waals surface area contributed by atoms with Gasteiger partial charge in [-0.05, 0) is 13.0 Å². The van der Waals surface area contributed by atoms with Gasteiger partial charge >= 0.3 is 5.69 Å². The number of hydrogen-bond acceptors (Lipinski definition) is 5. The summed E-state index contributed by atoms with van der Waals surface area (Å²) in [5.74, 6) is -2.43. The lowest BCUT2D eigenvalue weighted by atomic mass is 10.1. The maximum Gasteiger partial charge on any atom is 0.363 e. The summed E-state index contributed by atoms with van der Waals surface area (Å²) in [6, 6.07) is 5.45. The summed E-state index contributed by atoms with van der Waals surface area (Å²) in [5.41, 5.74) is -0.639. The molecule has 0 aliphatic rings. The van der Waals surface area contributed by atoms with Crippen LogP contribution in [-0.4, -0.2) is 26.5 Å².